The van der Waals surface area contributed by atoms with Gasteiger partial charge in [0.25, 0.3) is 0 Å². The molecule has 2 rings (SSSR count). The van der Waals surface area contributed by atoms with E-state index in [2.05, 4.69) is 10.3 Å². The average Bonchev–Trinajstić information content (AvgIpc) is 2.93. The molecule has 0 saturated carbocycles. The fourth-order valence-electron chi connectivity index (χ4n) is 1.96. The van der Waals surface area contributed by atoms with Crippen molar-refractivity contribution in [2.45, 2.75) is 26.2 Å². The van der Waals surface area contributed by atoms with E-state index in [1.807, 2.05) is 0 Å². The molecule has 24 heavy (non-hydrogen) atoms. The third-order valence-electron chi connectivity index (χ3n) is 3.07. The fraction of sp³-hybridized carbons (Fsp3) is 0.312. The lowest BCUT2D eigenvalue weighted by Gasteiger charge is -2.05. The van der Waals surface area contributed by atoms with E-state index < -0.39 is 0 Å². The highest BCUT2D eigenvalue weighted by atomic mass is 35.5. The largest absolute Gasteiger partial charge is 0.466 e. The number of rotatable bonds is 7. The van der Waals surface area contributed by atoms with Gasteiger partial charge in [0.1, 0.15) is 0 Å². The molecule has 0 fully saturated rings. The summed E-state index contributed by atoms with van der Waals surface area (Å²) in [6.07, 6.45) is 0.873. The summed E-state index contributed by atoms with van der Waals surface area (Å²) in [5.74, 6) is -0.504. The van der Waals surface area contributed by atoms with Gasteiger partial charge >= 0.3 is 5.97 Å². The number of nitrogens with zero attached hydrogens (tertiary/aromatic N) is 1. The van der Waals surface area contributed by atoms with Crippen LogP contribution in [0.4, 0.5) is 5.13 Å². The molecular formula is C16H16Cl2N2O3S. The van der Waals surface area contributed by atoms with Crippen LogP contribution in [0.3, 0.4) is 0 Å². The third kappa shape index (κ3) is 5.78. The van der Waals surface area contributed by atoms with Crippen molar-refractivity contribution in [2.24, 2.45) is 0 Å². The van der Waals surface area contributed by atoms with E-state index in [4.69, 9.17) is 27.9 Å². The lowest BCUT2D eigenvalue weighted by Crippen LogP contribution is -2.12. The van der Waals surface area contributed by atoms with Gasteiger partial charge in [-0.05, 0) is 31.0 Å². The first-order valence-electron chi connectivity index (χ1n) is 7.31. The number of halogens is 2. The van der Waals surface area contributed by atoms with E-state index >= 15 is 0 Å². The maximum Gasteiger partial charge on any atom is 0.311 e. The number of benzene rings is 1. The van der Waals surface area contributed by atoms with Gasteiger partial charge in [-0.2, -0.15) is 0 Å². The summed E-state index contributed by atoms with van der Waals surface area (Å²) in [5.41, 5.74) is 1.44. The molecule has 1 aromatic heterocycles. The summed E-state index contributed by atoms with van der Waals surface area (Å²) in [4.78, 5) is 27.6. The van der Waals surface area contributed by atoms with Crippen LogP contribution in [0.5, 0.6) is 0 Å². The highest BCUT2D eigenvalue weighted by Gasteiger charge is 2.11. The first-order chi connectivity index (χ1) is 11.5. The van der Waals surface area contributed by atoms with Gasteiger partial charge in [0.15, 0.2) is 5.13 Å². The molecule has 0 radical (unpaired) electrons. The molecule has 1 N–H and O–H groups in total. The predicted octanol–water partition coefficient (Wildman–Crippen LogP) is 4.13. The second-order valence-electron chi connectivity index (χ2n) is 4.91. The van der Waals surface area contributed by atoms with Gasteiger partial charge in [-0.3, -0.25) is 9.59 Å². The van der Waals surface area contributed by atoms with Crippen LogP contribution in [0.2, 0.25) is 10.0 Å². The molecule has 1 aromatic carbocycles. The molecule has 0 bridgehead atoms. The quantitative estimate of drug-likeness (QED) is 0.726. The topological polar surface area (TPSA) is 68.3 Å². The molecule has 0 aliphatic carbocycles. The first-order valence-corrected chi connectivity index (χ1v) is 8.95. The summed E-state index contributed by atoms with van der Waals surface area (Å²) in [6, 6.07) is 5.20. The van der Waals surface area contributed by atoms with Crippen molar-refractivity contribution in [1.82, 2.24) is 4.98 Å². The van der Waals surface area contributed by atoms with Gasteiger partial charge in [0, 0.05) is 21.8 Å². The first kappa shape index (κ1) is 18.7. The zero-order valence-corrected chi connectivity index (χ0v) is 15.3. The number of nitrogens with one attached hydrogen (secondary N) is 1. The minimum absolute atomic E-state index is 0.0978. The standard InChI is InChI=1S/C16H16Cl2N2O3S/c1-2-23-15(22)8-12-9-24-16(19-12)20-14(21)6-4-10-3-5-11(17)7-13(10)18/h3,5,7,9H,2,4,6,8H2,1H3,(H,19,20,21). The van der Waals surface area contributed by atoms with Crippen LogP contribution in [-0.4, -0.2) is 23.5 Å². The van der Waals surface area contributed by atoms with Gasteiger partial charge in [-0.1, -0.05) is 29.3 Å². The van der Waals surface area contributed by atoms with E-state index in [0.29, 0.717) is 33.9 Å². The van der Waals surface area contributed by atoms with Gasteiger partial charge in [0.05, 0.1) is 18.7 Å². The number of ether oxygens (including phenoxy) is 1. The van der Waals surface area contributed by atoms with E-state index in [1.165, 1.54) is 11.3 Å². The summed E-state index contributed by atoms with van der Waals surface area (Å²) >= 11 is 13.2. The molecular weight excluding hydrogens is 371 g/mol. The van der Waals surface area contributed by atoms with Crippen LogP contribution in [0.25, 0.3) is 0 Å². The Bertz CT molecular complexity index is 734. The molecule has 128 valence electrons. The summed E-state index contributed by atoms with van der Waals surface area (Å²) in [5, 5.41) is 6.00. The summed E-state index contributed by atoms with van der Waals surface area (Å²) in [7, 11) is 0. The maximum atomic E-state index is 12.0. The monoisotopic (exact) mass is 386 g/mol. The zero-order valence-electron chi connectivity index (χ0n) is 13.0. The minimum Gasteiger partial charge on any atom is -0.466 e. The van der Waals surface area contributed by atoms with Gasteiger partial charge in [0.2, 0.25) is 5.91 Å². The van der Waals surface area contributed by atoms with Gasteiger partial charge < -0.3 is 10.1 Å². The Morgan fingerprint density at radius 1 is 1.33 bits per heavy atom. The van der Waals surface area contributed by atoms with Crippen LogP contribution in [0.15, 0.2) is 23.6 Å². The molecule has 0 spiro atoms. The number of thiazole rings is 1. The Balaban J connectivity index is 1.84. The highest BCUT2D eigenvalue weighted by molar-refractivity contribution is 7.13. The van der Waals surface area contributed by atoms with Crippen LogP contribution in [-0.2, 0) is 27.2 Å². The number of esters is 1. The number of hydrogen-bond donors (Lipinski definition) is 1. The lowest BCUT2D eigenvalue weighted by atomic mass is 10.1. The number of carbonyl (C=O) groups excluding carboxylic acids is 2. The number of anilines is 1. The van der Waals surface area contributed by atoms with Crippen LogP contribution in [0, 0.1) is 0 Å². The number of hydrogen-bond acceptors (Lipinski definition) is 5. The maximum absolute atomic E-state index is 12.0. The Labute approximate surface area is 153 Å². The number of aromatic nitrogens is 1. The Morgan fingerprint density at radius 3 is 2.83 bits per heavy atom. The van der Waals surface area contributed by atoms with Crippen molar-refractivity contribution >= 4 is 51.5 Å². The van der Waals surface area contributed by atoms with Crippen molar-refractivity contribution < 1.29 is 14.3 Å². The fourth-order valence-corrected chi connectivity index (χ4v) is 3.19. The molecule has 1 heterocycles. The second-order valence-corrected chi connectivity index (χ2v) is 6.61. The molecule has 5 nitrogen and oxygen atoms in total. The van der Waals surface area contributed by atoms with Crippen molar-refractivity contribution in [3.05, 3.63) is 44.9 Å². The SMILES string of the molecule is CCOC(=O)Cc1csc(NC(=O)CCc2ccc(Cl)cc2Cl)n1. The van der Waals surface area contributed by atoms with E-state index in [-0.39, 0.29) is 24.7 Å². The van der Waals surface area contributed by atoms with Crippen molar-refractivity contribution in [3.8, 4) is 0 Å². The molecule has 0 aliphatic heterocycles. The molecule has 0 saturated heterocycles. The number of aryl methyl sites for hydroxylation is 1. The van der Waals surface area contributed by atoms with Crippen LogP contribution < -0.4 is 5.32 Å². The Morgan fingerprint density at radius 2 is 2.12 bits per heavy atom. The lowest BCUT2D eigenvalue weighted by molar-refractivity contribution is -0.142. The number of amides is 1. The van der Waals surface area contributed by atoms with Crippen molar-refractivity contribution in [2.75, 3.05) is 11.9 Å². The van der Waals surface area contributed by atoms with E-state index in [1.54, 1.807) is 30.5 Å². The molecule has 0 unspecified atom stereocenters. The molecule has 2 aromatic rings. The summed E-state index contributed by atoms with van der Waals surface area (Å²) in [6.45, 7) is 2.08. The van der Waals surface area contributed by atoms with E-state index in [9.17, 15) is 9.59 Å². The third-order valence-corrected chi connectivity index (χ3v) is 4.46. The smallest absolute Gasteiger partial charge is 0.311 e. The van der Waals surface area contributed by atoms with Crippen molar-refractivity contribution in [1.29, 1.82) is 0 Å². The summed E-state index contributed by atoms with van der Waals surface area (Å²) < 4.78 is 4.86. The molecule has 0 aliphatic rings. The van der Waals surface area contributed by atoms with Crippen LogP contribution >= 0.6 is 34.5 Å². The van der Waals surface area contributed by atoms with Gasteiger partial charge in [-0.15, -0.1) is 11.3 Å². The van der Waals surface area contributed by atoms with Crippen molar-refractivity contribution in [3.63, 3.8) is 0 Å². The number of carbonyl (C=O) groups is 2. The minimum atomic E-state index is -0.335. The average molecular weight is 387 g/mol. The molecule has 8 heteroatoms. The normalized spacial score (nSPS) is 10.5. The second kappa shape index (κ2) is 9.01. The molecule has 0 atom stereocenters. The van der Waals surface area contributed by atoms with Crippen LogP contribution in [0.1, 0.15) is 24.6 Å². The predicted molar refractivity (Wildman–Crippen MR) is 95.9 cm³/mol. The highest BCUT2D eigenvalue weighted by Crippen LogP contribution is 2.22. The zero-order chi connectivity index (χ0) is 17.5. The van der Waals surface area contributed by atoms with E-state index in [0.717, 1.165) is 5.56 Å². The Hall–Kier alpha value is -1.63. The Kier molecular flexibility index (Phi) is 7.02. The molecule has 1 amide bonds. The van der Waals surface area contributed by atoms with Gasteiger partial charge in [-0.25, -0.2) is 4.98 Å².